The van der Waals surface area contributed by atoms with Crippen LogP contribution in [0.2, 0.25) is 0 Å². The van der Waals surface area contributed by atoms with E-state index in [-0.39, 0.29) is 6.09 Å². The molecule has 0 radical (unpaired) electrons. The fourth-order valence-corrected chi connectivity index (χ4v) is 5.80. The van der Waals surface area contributed by atoms with Gasteiger partial charge in [-0.15, -0.1) is 0 Å². The van der Waals surface area contributed by atoms with Crippen molar-refractivity contribution in [2.75, 3.05) is 69.3 Å². The Labute approximate surface area is 230 Å². The van der Waals surface area contributed by atoms with Crippen LogP contribution in [0.5, 0.6) is 5.75 Å². The number of hydrogen-bond acceptors (Lipinski definition) is 8. The molecular formula is C30H38N6O3. The van der Waals surface area contributed by atoms with Gasteiger partial charge in [-0.1, -0.05) is 0 Å². The first-order valence-corrected chi connectivity index (χ1v) is 13.9. The minimum atomic E-state index is -0.488. The molecular weight excluding hydrogens is 492 g/mol. The van der Waals surface area contributed by atoms with Crippen molar-refractivity contribution in [1.29, 1.82) is 0 Å². The number of benzene rings is 1. The number of rotatable bonds is 4. The van der Waals surface area contributed by atoms with Crippen LogP contribution in [0, 0.1) is 5.41 Å². The summed E-state index contributed by atoms with van der Waals surface area (Å²) < 4.78 is 11.0. The molecule has 9 nitrogen and oxygen atoms in total. The third-order valence-electron chi connectivity index (χ3n) is 8.07. The predicted molar refractivity (Wildman–Crippen MR) is 154 cm³/mol. The predicted octanol–water partition coefficient (Wildman–Crippen LogP) is 4.16. The van der Waals surface area contributed by atoms with Crippen molar-refractivity contribution >= 4 is 28.5 Å². The Morgan fingerprint density at radius 2 is 1.79 bits per heavy atom. The molecule has 3 aliphatic heterocycles. The number of ether oxygens (including phenoxy) is 2. The molecule has 1 amide bonds. The Kier molecular flexibility index (Phi) is 6.49. The van der Waals surface area contributed by atoms with Gasteiger partial charge >= 0.3 is 6.09 Å². The monoisotopic (exact) mass is 530 g/mol. The summed E-state index contributed by atoms with van der Waals surface area (Å²) in [4.78, 5) is 28.7. The van der Waals surface area contributed by atoms with E-state index in [9.17, 15) is 4.79 Å². The second kappa shape index (κ2) is 9.86. The number of nitrogens with zero attached hydrogens (tertiary/aromatic N) is 5. The van der Waals surface area contributed by atoms with E-state index >= 15 is 0 Å². The number of anilines is 2. The quantitative estimate of drug-likeness (QED) is 0.539. The number of methoxy groups -OCH3 is 1. The molecule has 3 aromatic rings. The Balaban J connectivity index is 1.22. The molecule has 39 heavy (non-hydrogen) atoms. The van der Waals surface area contributed by atoms with E-state index in [0.29, 0.717) is 18.5 Å². The maximum absolute atomic E-state index is 12.4. The van der Waals surface area contributed by atoms with Gasteiger partial charge < -0.3 is 29.5 Å². The molecule has 0 aliphatic carbocycles. The van der Waals surface area contributed by atoms with Crippen LogP contribution >= 0.6 is 0 Å². The highest BCUT2D eigenvalue weighted by molar-refractivity contribution is 5.95. The van der Waals surface area contributed by atoms with Gasteiger partial charge in [0.15, 0.2) is 0 Å². The molecule has 3 fully saturated rings. The van der Waals surface area contributed by atoms with Crippen LogP contribution in [-0.2, 0) is 4.74 Å². The van der Waals surface area contributed by atoms with Crippen LogP contribution in [0.3, 0.4) is 0 Å². The number of piperazine rings is 1. The number of carbonyl (C=O) groups excluding carboxylic acids is 1. The van der Waals surface area contributed by atoms with Gasteiger partial charge in [-0.25, -0.2) is 14.8 Å². The minimum Gasteiger partial charge on any atom is -0.497 e. The molecule has 3 saturated heterocycles. The number of amides is 1. The smallest absolute Gasteiger partial charge is 0.410 e. The molecule has 1 N–H and O–H groups in total. The second-order valence-corrected chi connectivity index (χ2v) is 12.0. The van der Waals surface area contributed by atoms with E-state index in [1.165, 1.54) is 12.1 Å². The van der Waals surface area contributed by atoms with E-state index in [0.717, 1.165) is 73.0 Å². The Morgan fingerprint density at radius 3 is 2.41 bits per heavy atom. The zero-order valence-electron chi connectivity index (χ0n) is 23.4. The van der Waals surface area contributed by atoms with Crippen LogP contribution in [0.25, 0.3) is 22.2 Å². The molecule has 9 heteroatoms. The summed E-state index contributed by atoms with van der Waals surface area (Å²) >= 11 is 0. The topological polar surface area (TPSA) is 83.1 Å². The van der Waals surface area contributed by atoms with Crippen molar-refractivity contribution in [3.05, 3.63) is 42.6 Å². The lowest BCUT2D eigenvalue weighted by Gasteiger charge is -2.39. The number of fused-ring (bicyclic) bond motifs is 1. The summed E-state index contributed by atoms with van der Waals surface area (Å²) in [6.45, 7) is 12.7. The van der Waals surface area contributed by atoms with E-state index in [4.69, 9.17) is 19.4 Å². The molecule has 3 aliphatic rings. The van der Waals surface area contributed by atoms with Gasteiger partial charge in [-0.05, 0) is 57.5 Å². The number of aromatic nitrogens is 2. The summed E-state index contributed by atoms with van der Waals surface area (Å²) in [5.41, 5.74) is 3.96. The standard InChI is InChI=1S/C30H38N6O3/c1-29(2,3)39-28(37)35-13-11-34(12-14-35)27-8-5-21(17-32-27)24-16-26(36-10-9-30(20-36)18-31-19-30)23-7-6-22(38-4)15-25(23)33-24/h5-8,15-17,31H,9-14,18-20H2,1-4H3. The minimum absolute atomic E-state index is 0.252. The summed E-state index contributed by atoms with van der Waals surface area (Å²) in [5, 5.41) is 4.61. The lowest BCUT2D eigenvalue weighted by Crippen LogP contribution is -2.54. The molecule has 0 saturated carbocycles. The van der Waals surface area contributed by atoms with Gasteiger partial charge in [-0.3, -0.25) is 0 Å². The van der Waals surface area contributed by atoms with Crippen LogP contribution in [0.4, 0.5) is 16.3 Å². The Hall–Kier alpha value is -3.59. The lowest BCUT2D eigenvalue weighted by atomic mass is 9.81. The maximum Gasteiger partial charge on any atom is 0.410 e. The average molecular weight is 531 g/mol. The van der Waals surface area contributed by atoms with Gasteiger partial charge in [0.25, 0.3) is 0 Å². The highest BCUT2D eigenvalue weighted by atomic mass is 16.6. The summed E-state index contributed by atoms with van der Waals surface area (Å²) in [5.74, 6) is 1.71. The number of nitrogens with one attached hydrogen (secondary N) is 1. The van der Waals surface area contributed by atoms with Crippen molar-refractivity contribution in [2.45, 2.75) is 32.8 Å². The molecule has 1 spiro atoms. The maximum atomic E-state index is 12.4. The number of pyridine rings is 2. The van der Waals surface area contributed by atoms with Crippen molar-refractivity contribution in [3.63, 3.8) is 0 Å². The fraction of sp³-hybridized carbons (Fsp3) is 0.500. The first-order chi connectivity index (χ1) is 18.7. The Morgan fingerprint density at radius 1 is 1.00 bits per heavy atom. The molecule has 2 aromatic heterocycles. The summed E-state index contributed by atoms with van der Waals surface area (Å²) in [6.07, 6.45) is 2.87. The summed E-state index contributed by atoms with van der Waals surface area (Å²) in [6, 6.07) is 12.5. The first kappa shape index (κ1) is 25.7. The third kappa shape index (κ3) is 5.20. The SMILES string of the molecule is COc1ccc2c(N3CCC4(CNC4)C3)cc(-c3ccc(N4CCN(C(=O)OC(C)(C)C)CC4)nc3)nc2c1. The van der Waals surface area contributed by atoms with Crippen molar-refractivity contribution in [1.82, 2.24) is 20.2 Å². The molecule has 5 heterocycles. The molecule has 0 bridgehead atoms. The average Bonchev–Trinajstić information content (AvgIpc) is 3.38. The first-order valence-electron chi connectivity index (χ1n) is 13.9. The van der Waals surface area contributed by atoms with E-state index in [1.54, 1.807) is 12.0 Å². The van der Waals surface area contributed by atoms with Crippen LogP contribution in [0.1, 0.15) is 27.2 Å². The van der Waals surface area contributed by atoms with Gasteiger partial charge in [0, 0.05) is 86.7 Å². The largest absolute Gasteiger partial charge is 0.497 e. The highest BCUT2D eigenvalue weighted by Crippen LogP contribution is 2.40. The molecule has 6 rings (SSSR count). The van der Waals surface area contributed by atoms with Crippen molar-refractivity contribution in [2.24, 2.45) is 5.41 Å². The number of carbonyl (C=O) groups is 1. The highest BCUT2D eigenvalue weighted by Gasteiger charge is 2.43. The van der Waals surface area contributed by atoms with Crippen LogP contribution < -0.4 is 19.9 Å². The van der Waals surface area contributed by atoms with E-state index in [2.05, 4.69) is 39.4 Å². The van der Waals surface area contributed by atoms with Gasteiger partial charge in [0.05, 0.1) is 18.3 Å². The van der Waals surface area contributed by atoms with Gasteiger partial charge in [0.1, 0.15) is 17.2 Å². The number of hydrogen-bond donors (Lipinski definition) is 1. The summed E-state index contributed by atoms with van der Waals surface area (Å²) in [7, 11) is 1.69. The second-order valence-electron chi connectivity index (χ2n) is 12.0. The molecule has 206 valence electrons. The normalized spacial score (nSPS) is 18.9. The van der Waals surface area contributed by atoms with Crippen LogP contribution in [-0.4, -0.2) is 86.0 Å². The van der Waals surface area contributed by atoms with Gasteiger partial charge in [-0.2, -0.15) is 0 Å². The van der Waals surface area contributed by atoms with Crippen LogP contribution in [0.15, 0.2) is 42.6 Å². The lowest BCUT2D eigenvalue weighted by molar-refractivity contribution is 0.0240. The fourth-order valence-electron chi connectivity index (χ4n) is 5.80. The third-order valence-corrected chi connectivity index (χ3v) is 8.07. The molecule has 0 atom stereocenters. The molecule has 0 unspecified atom stereocenters. The van der Waals surface area contributed by atoms with Crippen molar-refractivity contribution < 1.29 is 14.3 Å². The zero-order valence-corrected chi connectivity index (χ0v) is 23.4. The van der Waals surface area contributed by atoms with Gasteiger partial charge in [0.2, 0.25) is 0 Å². The van der Waals surface area contributed by atoms with Crippen molar-refractivity contribution in [3.8, 4) is 17.0 Å². The molecule has 1 aromatic carbocycles. The van der Waals surface area contributed by atoms with E-state index in [1.807, 2.05) is 39.1 Å². The Bertz CT molecular complexity index is 1360. The van der Waals surface area contributed by atoms with E-state index < -0.39 is 5.60 Å². The zero-order chi connectivity index (χ0) is 27.2.